The first kappa shape index (κ1) is 58.3. The van der Waals surface area contributed by atoms with E-state index in [1.807, 2.05) is 6.92 Å². The zero-order chi connectivity index (χ0) is 47.3. The van der Waals surface area contributed by atoms with Crippen LogP contribution >= 0.6 is 7.82 Å². The first-order valence-electron chi connectivity index (χ1n) is 24.4. The van der Waals surface area contributed by atoms with Crippen LogP contribution in [-0.4, -0.2) is 132 Å². The third-order valence-corrected chi connectivity index (χ3v) is 13.3. The SMILES string of the molecule is CCCCCCCCCCCCCCCCCC(=O)O[C@@H]1COC(=O)CCCC=CC[C@@H]2[C@@H](O)[C@H](O)[C@@H](O)[C@H](OP(=O)(O)OC1)[C@H](O)[C@H](O)[C@@H](/C=C/[C@@H](O)CCCCC)[C@H](O)C[C@@H]2O. The van der Waals surface area contributed by atoms with Gasteiger partial charge in [-0.05, 0) is 32.1 Å². The first-order chi connectivity index (χ1) is 30.6. The van der Waals surface area contributed by atoms with Crippen LogP contribution in [0.5, 0.6) is 0 Å². The van der Waals surface area contributed by atoms with Gasteiger partial charge >= 0.3 is 19.8 Å². The summed E-state index contributed by atoms with van der Waals surface area (Å²) in [4.78, 5) is 36.5. The fourth-order valence-corrected chi connectivity index (χ4v) is 9.26. The average molecular weight is 937 g/mol. The van der Waals surface area contributed by atoms with Crippen LogP contribution in [0, 0.1) is 11.8 Å². The van der Waals surface area contributed by atoms with E-state index in [4.69, 9.17) is 18.5 Å². The van der Waals surface area contributed by atoms with Crippen molar-refractivity contribution in [1.29, 1.82) is 0 Å². The summed E-state index contributed by atoms with van der Waals surface area (Å²) in [5, 5.41) is 90.1. The molecule has 1 heterocycles. The lowest BCUT2D eigenvalue weighted by Gasteiger charge is -2.37. The number of ether oxygens (including phenoxy) is 2. The Morgan fingerprint density at radius 3 is 1.92 bits per heavy atom. The lowest BCUT2D eigenvalue weighted by Crippen LogP contribution is -2.55. The fourth-order valence-electron chi connectivity index (χ4n) is 8.28. The highest BCUT2D eigenvalue weighted by molar-refractivity contribution is 7.47. The molecule has 17 heteroatoms. The van der Waals surface area contributed by atoms with Crippen molar-refractivity contribution in [2.45, 2.75) is 235 Å². The first-order valence-corrected chi connectivity index (χ1v) is 25.9. The van der Waals surface area contributed by atoms with E-state index in [0.29, 0.717) is 32.1 Å². The van der Waals surface area contributed by atoms with Gasteiger partial charge in [-0.3, -0.25) is 18.6 Å². The number of phosphoric ester groups is 1. The maximum absolute atomic E-state index is 13.5. The molecule has 0 aromatic rings. The maximum Gasteiger partial charge on any atom is 0.472 e. The van der Waals surface area contributed by atoms with Crippen LogP contribution in [0.1, 0.15) is 174 Å². The Kier molecular flexibility index (Phi) is 30.7. The van der Waals surface area contributed by atoms with Crippen molar-refractivity contribution in [3.05, 3.63) is 24.3 Å². The third-order valence-electron chi connectivity index (χ3n) is 12.4. The van der Waals surface area contributed by atoms with Crippen molar-refractivity contribution < 1.29 is 78.4 Å². The molecule has 1 unspecified atom stereocenters. The molecule has 1 aliphatic carbocycles. The average Bonchev–Trinajstić information content (AvgIpc) is 3.26. The quantitative estimate of drug-likeness (QED) is 0.0246. The van der Waals surface area contributed by atoms with Crippen molar-refractivity contribution >= 4 is 19.8 Å². The second-order valence-corrected chi connectivity index (χ2v) is 19.3. The highest BCUT2D eigenvalue weighted by Crippen LogP contribution is 2.47. The molecule has 0 aromatic carbocycles. The van der Waals surface area contributed by atoms with Crippen LogP contribution in [-0.2, 0) is 32.7 Å². The molecule has 374 valence electrons. The van der Waals surface area contributed by atoms with Gasteiger partial charge < -0.3 is 55.2 Å². The van der Waals surface area contributed by atoms with Crippen LogP contribution in [0.25, 0.3) is 0 Å². The molecule has 2 bridgehead atoms. The molecule has 0 radical (unpaired) electrons. The lowest BCUT2D eigenvalue weighted by molar-refractivity contribution is -0.167. The normalized spacial score (nSPS) is 32.4. The Hall–Kier alpha value is -1.79. The van der Waals surface area contributed by atoms with E-state index in [9.17, 15) is 59.9 Å². The summed E-state index contributed by atoms with van der Waals surface area (Å²) < 4.78 is 34.7. The second-order valence-electron chi connectivity index (χ2n) is 17.9. The van der Waals surface area contributed by atoms with Gasteiger partial charge in [-0.25, -0.2) is 4.57 Å². The minimum absolute atomic E-state index is 0.0355. The molecular weight excluding hydrogens is 851 g/mol. The number of hydrogen-bond acceptors (Lipinski definition) is 15. The molecule has 0 amide bonds. The summed E-state index contributed by atoms with van der Waals surface area (Å²) in [6.45, 7) is 2.84. The van der Waals surface area contributed by atoms with Crippen LogP contribution in [0.15, 0.2) is 24.3 Å². The van der Waals surface area contributed by atoms with E-state index >= 15 is 0 Å². The predicted octanol–water partition coefficient (Wildman–Crippen LogP) is 6.00. The largest absolute Gasteiger partial charge is 0.472 e. The second kappa shape index (κ2) is 33.6. The van der Waals surface area contributed by atoms with E-state index in [2.05, 4.69) is 6.92 Å². The van der Waals surface area contributed by atoms with Crippen molar-refractivity contribution in [3.63, 3.8) is 0 Å². The number of rotatable bonds is 23. The van der Waals surface area contributed by atoms with Gasteiger partial charge in [-0.2, -0.15) is 0 Å². The van der Waals surface area contributed by atoms with Crippen molar-refractivity contribution in [3.8, 4) is 0 Å². The van der Waals surface area contributed by atoms with Gasteiger partial charge in [0.25, 0.3) is 0 Å². The van der Waals surface area contributed by atoms with E-state index in [-0.39, 0.29) is 19.3 Å². The Morgan fingerprint density at radius 2 is 1.31 bits per heavy atom. The number of phosphoric acid groups is 1. The van der Waals surface area contributed by atoms with E-state index in [1.54, 1.807) is 12.2 Å². The molecule has 2 rings (SSSR count). The number of unbranched alkanes of at least 4 members (excludes halogenated alkanes) is 16. The third kappa shape index (κ3) is 23.8. The summed E-state index contributed by atoms with van der Waals surface area (Å²) >= 11 is 0. The standard InChI is InChI=1S/C47H85O16P/c1-3-5-7-8-9-10-11-12-13-14-15-16-17-18-24-28-41(52)62-35-32-60-40(51)27-23-20-19-22-26-36-38(49)31-39(50)37(30-29-34(48)25-21-6-4-2)43(54)45(56)47(46(57)44(55)42(36)53)63-64(58,59)61-33-35/h19,22,29-30,34-39,42-50,53-57H,3-18,20-21,23-28,31-33H2,1-2H3,(H,58,59)/b22-19?,30-29+/t34-,35+,36-,37-,38-,39+,42+,43+,44-,45+,46+,47+/m0/s1. The van der Waals surface area contributed by atoms with Gasteiger partial charge in [0.2, 0.25) is 0 Å². The van der Waals surface area contributed by atoms with E-state index in [1.165, 1.54) is 76.4 Å². The Balaban J connectivity index is 2.18. The smallest absolute Gasteiger partial charge is 0.462 e. The molecule has 9 N–H and O–H groups in total. The van der Waals surface area contributed by atoms with Crippen molar-refractivity contribution in [1.82, 2.24) is 0 Å². The molecule has 64 heavy (non-hydrogen) atoms. The Morgan fingerprint density at radius 1 is 0.750 bits per heavy atom. The van der Waals surface area contributed by atoms with Gasteiger partial charge in [0, 0.05) is 31.1 Å². The minimum Gasteiger partial charge on any atom is -0.462 e. The Bertz CT molecular complexity index is 1350. The number of fused-ring (bicyclic) bond motifs is 4. The highest BCUT2D eigenvalue weighted by Gasteiger charge is 2.49. The number of esters is 2. The molecule has 0 aromatic heterocycles. The zero-order valence-corrected chi connectivity index (χ0v) is 39.6. The lowest BCUT2D eigenvalue weighted by atomic mass is 9.83. The van der Waals surface area contributed by atoms with Gasteiger partial charge in [0.15, 0.2) is 6.10 Å². The number of carbonyl (C=O) groups is 2. The van der Waals surface area contributed by atoms with Crippen molar-refractivity contribution in [2.75, 3.05) is 13.2 Å². The minimum atomic E-state index is -5.44. The molecule has 1 fully saturated rings. The highest BCUT2D eigenvalue weighted by atomic mass is 31.2. The van der Waals surface area contributed by atoms with Gasteiger partial charge in [0.1, 0.15) is 31.0 Å². The van der Waals surface area contributed by atoms with Crippen LogP contribution in [0.3, 0.4) is 0 Å². The Labute approximate surface area is 382 Å². The van der Waals surface area contributed by atoms with Crippen molar-refractivity contribution in [2.24, 2.45) is 11.8 Å². The summed E-state index contributed by atoms with van der Waals surface area (Å²) in [6, 6.07) is 0. The number of allylic oxidation sites excluding steroid dienone is 2. The van der Waals surface area contributed by atoms with Crippen LogP contribution in [0.4, 0.5) is 0 Å². The molecule has 2 aliphatic rings. The topological polar surface area (TPSA) is 270 Å². The van der Waals surface area contributed by atoms with E-state index < -0.39 is 112 Å². The van der Waals surface area contributed by atoms with Crippen LogP contribution in [0.2, 0.25) is 0 Å². The van der Waals surface area contributed by atoms with E-state index in [0.717, 1.165) is 38.5 Å². The summed E-state index contributed by atoms with van der Waals surface area (Å²) in [6.07, 6.45) is 6.94. The summed E-state index contributed by atoms with van der Waals surface area (Å²) in [5.41, 5.74) is 0. The van der Waals surface area contributed by atoms with Crippen LogP contribution < -0.4 is 0 Å². The number of cyclic esters (lactones) is 1. The number of hydrogen-bond donors (Lipinski definition) is 9. The fraction of sp³-hybridized carbons (Fsp3) is 0.872. The van der Waals surface area contributed by atoms with Gasteiger partial charge in [-0.15, -0.1) is 0 Å². The maximum atomic E-state index is 13.5. The summed E-state index contributed by atoms with van der Waals surface area (Å²) in [7, 11) is -5.44. The van der Waals surface area contributed by atoms with Gasteiger partial charge in [0.05, 0.1) is 37.1 Å². The molecule has 13 atom stereocenters. The molecule has 0 saturated heterocycles. The molecule has 0 spiro atoms. The molecular formula is C47H85O16P. The zero-order valence-electron chi connectivity index (χ0n) is 38.7. The monoisotopic (exact) mass is 937 g/mol. The number of carbonyl (C=O) groups excluding carboxylic acids is 2. The van der Waals surface area contributed by atoms with Gasteiger partial charge in [-0.1, -0.05) is 147 Å². The summed E-state index contributed by atoms with van der Waals surface area (Å²) in [5.74, 6) is -4.02. The molecule has 1 saturated carbocycles. The number of aliphatic hydroxyl groups excluding tert-OH is 8. The molecule has 16 nitrogen and oxygen atoms in total. The number of aliphatic hydroxyl groups is 8. The molecule has 1 aliphatic heterocycles. The predicted molar refractivity (Wildman–Crippen MR) is 242 cm³/mol.